The highest BCUT2D eigenvalue weighted by atomic mass is 32.2. The summed E-state index contributed by atoms with van der Waals surface area (Å²) >= 11 is 1.97. The molecule has 0 aromatic carbocycles. The minimum absolute atomic E-state index is 0.289. The molecule has 1 unspecified atom stereocenters. The van der Waals surface area contributed by atoms with Gasteiger partial charge in [-0.05, 0) is 45.1 Å². The van der Waals surface area contributed by atoms with Crippen LogP contribution in [0.1, 0.15) is 27.2 Å². The van der Waals surface area contributed by atoms with Crippen molar-refractivity contribution in [3.63, 3.8) is 0 Å². The molecule has 5 heteroatoms. The van der Waals surface area contributed by atoms with Crippen molar-refractivity contribution >= 4 is 23.3 Å². The van der Waals surface area contributed by atoms with Crippen LogP contribution in [-0.2, 0) is 0 Å². The van der Waals surface area contributed by atoms with E-state index >= 15 is 0 Å². The molecule has 3 N–H and O–H groups in total. The molecule has 2 rings (SSSR count). The van der Waals surface area contributed by atoms with Gasteiger partial charge in [0.15, 0.2) is 0 Å². The van der Waals surface area contributed by atoms with Crippen molar-refractivity contribution in [1.29, 1.82) is 0 Å². The first-order valence-electron chi connectivity index (χ1n) is 6.24. The first-order valence-corrected chi connectivity index (χ1v) is 7.39. The number of ether oxygens (including phenoxy) is 1. The third kappa shape index (κ3) is 3.70. The number of rotatable bonds is 3. The van der Waals surface area contributed by atoms with E-state index in [9.17, 15) is 0 Å². The Morgan fingerprint density at radius 1 is 1.44 bits per heavy atom. The van der Waals surface area contributed by atoms with Crippen molar-refractivity contribution in [2.24, 2.45) is 0 Å². The monoisotopic (exact) mass is 267 g/mol. The van der Waals surface area contributed by atoms with Crippen LogP contribution in [-0.4, -0.2) is 28.1 Å². The van der Waals surface area contributed by atoms with Gasteiger partial charge < -0.3 is 15.8 Å². The fourth-order valence-corrected chi connectivity index (χ4v) is 2.91. The first kappa shape index (κ1) is 13.3. The molecular formula is C13H21N3OS. The van der Waals surface area contributed by atoms with Crippen LogP contribution < -0.4 is 15.8 Å². The van der Waals surface area contributed by atoms with Crippen molar-refractivity contribution in [1.82, 2.24) is 4.98 Å². The fourth-order valence-electron chi connectivity index (χ4n) is 1.76. The van der Waals surface area contributed by atoms with Gasteiger partial charge in [-0.2, -0.15) is 16.7 Å². The molecular weight excluding hydrogens is 246 g/mol. The third-order valence-electron chi connectivity index (χ3n) is 2.57. The number of aromatic nitrogens is 1. The molecule has 18 heavy (non-hydrogen) atoms. The lowest BCUT2D eigenvalue weighted by Gasteiger charge is -2.22. The lowest BCUT2D eigenvalue weighted by molar-refractivity contribution is 0.125. The summed E-state index contributed by atoms with van der Waals surface area (Å²) in [4.78, 5) is 4.45. The molecule has 0 radical (unpaired) electrons. The van der Waals surface area contributed by atoms with E-state index in [0.29, 0.717) is 17.6 Å². The fraction of sp³-hybridized carbons (Fsp3) is 0.615. The topological polar surface area (TPSA) is 60.2 Å². The van der Waals surface area contributed by atoms with Crippen molar-refractivity contribution < 1.29 is 4.74 Å². The summed E-state index contributed by atoms with van der Waals surface area (Å²) in [5, 5.41) is 3.43. The lowest BCUT2D eigenvalue weighted by atomic mass is 10.2. The summed E-state index contributed by atoms with van der Waals surface area (Å²) < 4.78 is 5.76. The van der Waals surface area contributed by atoms with E-state index in [2.05, 4.69) is 10.3 Å². The van der Waals surface area contributed by atoms with Gasteiger partial charge >= 0.3 is 0 Å². The molecule has 0 aliphatic carbocycles. The molecule has 1 atom stereocenters. The number of thioether (sulfide) groups is 1. The predicted octanol–water partition coefficient (Wildman–Crippen LogP) is 2.76. The van der Waals surface area contributed by atoms with Crippen LogP contribution in [0.4, 0.5) is 11.5 Å². The first-order chi connectivity index (χ1) is 8.44. The van der Waals surface area contributed by atoms with Gasteiger partial charge in [-0.15, -0.1) is 0 Å². The van der Waals surface area contributed by atoms with Crippen LogP contribution in [0.2, 0.25) is 0 Å². The van der Waals surface area contributed by atoms with Crippen LogP contribution in [0, 0.1) is 0 Å². The van der Waals surface area contributed by atoms with E-state index in [0.717, 1.165) is 11.6 Å². The van der Waals surface area contributed by atoms with E-state index < -0.39 is 0 Å². The number of nitrogen functional groups attached to an aromatic ring is 1. The van der Waals surface area contributed by atoms with Crippen molar-refractivity contribution in [2.75, 3.05) is 22.6 Å². The standard InChI is InChI=1S/C13H21N3OS/c1-13(2,3)17-12-10(14)4-5-11(16-12)15-9-6-7-18-8-9/h4-5,9H,6-8,14H2,1-3H3,(H,15,16). The second-order valence-corrected chi connectivity index (χ2v) is 6.66. The van der Waals surface area contributed by atoms with Gasteiger partial charge in [-0.1, -0.05) is 0 Å². The van der Waals surface area contributed by atoms with Crippen LogP contribution in [0.25, 0.3) is 0 Å². The van der Waals surface area contributed by atoms with E-state index in [1.165, 1.54) is 12.2 Å². The van der Waals surface area contributed by atoms with Crippen molar-refractivity contribution in [3.8, 4) is 5.88 Å². The van der Waals surface area contributed by atoms with E-state index in [1.807, 2.05) is 44.7 Å². The van der Waals surface area contributed by atoms with Gasteiger partial charge in [0.25, 0.3) is 0 Å². The Bertz CT molecular complexity index is 411. The number of pyridine rings is 1. The number of hydrogen-bond acceptors (Lipinski definition) is 5. The highest BCUT2D eigenvalue weighted by molar-refractivity contribution is 7.99. The summed E-state index contributed by atoms with van der Waals surface area (Å²) in [5.41, 5.74) is 6.18. The molecule has 1 fully saturated rings. The average Bonchev–Trinajstić information content (AvgIpc) is 2.74. The Hall–Kier alpha value is -1.10. The van der Waals surface area contributed by atoms with Crippen LogP contribution in [0.3, 0.4) is 0 Å². The highest BCUT2D eigenvalue weighted by Crippen LogP contribution is 2.26. The molecule has 0 bridgehead atoms. The zero-order chi connectivity index (χ0) is 13.2. The van der Waals surface area contributed by atoms with Gasteiger partial charge in [0.2, 0.25) is 5.88 Å². The maximum Gasteiger partial charge on any atom is 0.239 e. The smallest absolute Gasteiger partial charge is 0.239 e. The Labute approximate surface area is 113 Å². The second-order valence-electron chi connectivity index (χ2n) is 5.51. The van der Waals surface area contributed by atoms with Crippen LogP contribution in [0.5, 0.6) is 5.88 Å². The van der Waals surface area contributed by atoms with Crippen LogP contribution >= 0.6 is 11.8 Å². The van der Waals surface area contributed by atoms with Gasteiger partial charge in [0.05, 0.1) is 5.69 Å². The van der Waals surface area contributed by atoms with Crippen LogP contribution in [0.15, 0.2) is 12.1 Å². The molecule has 100 valence electrons. The van der Waals surface area contributed by atoms with E-state index in [-0.39, 0.29) is 5.60 Å². The minimum atomic E-state index is -0.289. The number of nitrogens with zero attached hydrogens (tertiary/aromatic N) is 1. The quantitative estimate of drug-likeness (QED) is 0.882. The minimum Gasteiger partial charge on any atom is -0.470 e. The Balaban J connectivity index is 2.10. The molecule has 1 saturated heterocycles. The molecule has 4 nitrogen and oxygen atoms in total. The molecule has 1 aliphatic rings. The SMILES string of the molecule is CC(C)(C)Oc1nc(NC2CCSC2)ccc1N. The Morgan fingerprint density at radius 2 is 2.22 bits per heavy atom. The zero-order valence-corrected chi connectivity index (χ0v) is 12.0. The summed E-state index contributed by atoms with van der Waals surface area (Å²) in [6.45, 7) is 5.96. The lowest BCUT2D eigenvalue weighted by Crippen LogP contribution is -2.25. The average molecular weight is 267 g/mol. The molecule has 1 aromatic rings. The maximum atomic E-state index is 5.89. The molecule has 1 aromatic heterocycles. The predicted molar refractivity (Wildman–Crippen MR) is 78.4 cm³/mol. The van der Waals surface area contributed by atoms with Crippen molar-refractivity contribution in [2.45, 2.75) is 38.8 Å². The Morgan fingerprint density at radius 3 is 2.83 bits per heavy atom. The molecule has 0 spiro atoms. The number of hydrogen-bond donors (Lipinski definition) is 2. The van der Waals surface area contributed by atoms with Gasteiger partial charge in [0.1, 0.15) is 11.4 Å². The van der Waals surface area contributed by atoms with Crippen molar-refractivity contribution in [3.05, 3.63) is 12.1 Å². The van der Waals surface area contributed by atoms with Gasteiger partial charge in [-0.25, -0.2) is 0 Å². The normalized spacial score (nSPS) is 19.8. The number of nitrogens with one attached hydrogen (secondary N) is 1. The van der Waals surface area contributed by atoms with E-state index in [4.69, 9.17) is 10.5 Å². The maximum absolute atomic E-state index is 5.89. The molecule has 1 aliphatic heterocycles. The second kappa shape index (κ2) is 5.26. The summed E-state index contributed by atoms with van der Waals surface area (Å²) in [6.07, 6.45) is 1.19. The number of anilines is 2. The summed E-state index contributed by atoms with van der Waals surface area (Å²) in [6, 6.07) is 4.26. The van der Waals surface area contributed by atoms with Gasteiger partial charge in [0, 0.05) is 11.8 Å². The van der Waals surface area contributed by atoms with Gasteiger partial charge in [-0.3, -0.25) is 0 Å². The summed E-state index contributed by atoms with van der Waals surface area (Å²) in [5.74, 6) is 3.72. The zero-order valence-electron chi connectivity index (χ0n) is 11.2. The third-order valence-corrected chi connectivity index (χ3v) is 3.74. The van der Waals surface area contributed by atoms with E-state index in [1.54, 1.807) is 0 Å². The molecule has 0 saturated carbocycles. The largest absolute Gasteiger partial charge is 0.470 e. The molecule has 0 amide bonds. The highest BCUT2D eigenvalue weighted by Gasteiger charge is 2.18. The Kier molecular flexibility index (Phi) is 3.90. The molecule has 2 heterocycles. The number of nitrogens with two attached hydrogens (primary N) is 1. The summed E-state index contributed by atoms with van der Waals surface area (Å²) in [7, 11) is 0.